The molecule has 176 valence electrons. The van der Waals surface area contributed by atoms with Crippen LogP contribution in [0.2, 0.25) is 0 Å². The lowest BCUT2D eigenvalue weighted by molar-refractivity contribution is -0.116. The van der Waals surface area contributed by atoms with Crippen LogP contribution < -0.4 is 15.5 Å². The summed E-state index contributed by atoms with van der Waals surface area (Å²) in [6.07, 6.45) is -0.952. The quantitative estimate of drug-likeness (QED) is 0.441. The highest BCUT2D eigenvalue weighted by molar-refractivity contribution is 7.14. The van der Waals surface area contributed by atoms with Gasteiger partial charge in [-0.2, -0.15) is 0 Å². The van der Waals surface area contributed by atoms with Gasteiger partial charge in [0.2, 0.25) is 6.17 Å². The lowest BCUT2D eigenvalue weighted by Crippen LogP contribution is -2.35. The van der Waals surface area contributed by atoms with Crippen LogP contribution in [0.15, 0.2) is 75.5 Å². The molecular formula is C25H22N6O3S. The number of aromatic nitrogens is 2. The first-order chi connectivity index (χ1) is 17.3. The number of para-hydroxylation sites is 1. The largest absolute Gasteiger partial charge is 0.403 e. The lowest BCUT2D eigenvalue weighted by atomic mass is 10.0. The van der Waals surface area contributed by atoms with Crippen molar-refractivity contribution in [3.63, 3.8) is 0 Å². The van der Waals surface area contributed by atoms with Gasteiger partial charge in [-0.1, -0.05) is 53.6 Å². The number of benzodiazepines with no additional fused rings is 1. The monoisotopic (exact) mass is 486 g/mol. The van der Waals surface area contributed by atoms with E-state index >= 15 is 0 Å². The van der Waals surface area contributed by atoms with Gasteiger partial charge in [0, 0.05) is 24.2 Å². The molecule has 1 amide bonds. The summed E-state index contributed by atoms with van der Waals surface area (Å²) in [4.78, 5) is 20.1. The Kier molecular flexibility index (Phi) is 5.73. The van der Waals surface area contributed by atoms with E-state index in [4.69, 9.17) is 14.1 Å². The average molecular weight is 487 g/mol. The number of aliphatic imine (C=N–C) groups is 1. The predicted molar refractivity (Wildman–Crippen MR) is 135 cm³/mol. The van der Waals surface area contributed by atoms with E-state index in [1.165, 1.54) is 0 Å². The van der Waals surface area contributed by atoms with E-state index < -0.39 is 6.17 Å². The standard InChI is InChI=1S/C25H22N6O3S/c32-22-21(27-20(16-6-2-1-3-7-16)17-8-4-5-9-19(17)26-22)28-25-30-29-23(34-25)18-10-15-35-24(18)31-11-13-33-14-12-31/h1-10,15,21H,11-14H2,(H,26,32)(H,28,30). The van der Waals surface area contributed by atoms with Gasteiger partial charge in [0.1, 0.15) is 5.00 Å². The van der Waals surface area contributed by atoms with Gasteiger partial charge in [-0.15, -0.1) is 16.4 Å². The number of amides is 1. The first kappa shape index (κ1) is 21.5. The molecule has 2 N–H and O–H groups in total. The Morgan fingerprint density at radius 3 is 2.63 bits per heavy atom. The fourth-order valence-corrected chi connectivity index (χ4v) is 5.11. The van der Waals surface area contributed by atoms with Crippen molar-refractivity contribution in [3.05, 3.63) is 77.2 Å². The molecule has 0 spiro atoms. The van der Waals surface area contributed by atoms with E-state index in [1.54, 1.807) is 11.3 Å². The van der Waals surface area contributed by atoms with E-state index in [-0.39, 0.29) is 11.9 Å². The molecule has 0 bridgehead atoms. The molecule has 2 aliphatic heterocycles. The maximum Gasteiger partial charge on any atom is 0.317 e. The van der Waals surface area contributed by atoms with Crippen LogP contribution in [0.4, 0.5) is 16.7 Å². The van der Waals surface area contributed by atoms with E-state index in [0.29, 0.717) is 30.5 Å². The van der Waals surface area contributed by atoms with Gasteiger partial charge in [-0.05, 0) is 17.5 Å². The number of fused-ring (bicyclic) bond motifs is 1. The number of ether oxygens (including phenoxy) is 1. The van der Waals surface area contributed by atoms with Gasteiger partial charge in [-0.3, -0.25) is 4.79 Å². The number of carbonyl (C=O) groups is 1. The van der Waals surface area contributed by atoms with Crippen LogP contribution in [0.5, 0.6) is 0 Å². The number of rotatable bonds is 5. The SMILES string of the molecule is O=C1Nc2ccccc2C(c2ccccc2)=NC1Nc1nnc(-c2ccsc2N2CCOCC2)o1. The summed E-state index contributed by atoms with van der Waals surface area (Å²) in [5.74, 6) is 0.0764. The Morgan fingerprint density at radius 2 is 1.77 bits per heavy atom. The molecule has 35 heavy (non-hydrogen) atoms. The number of morpholine rings is 1. The van der Waals surface area contributed by atoms with Crippen LogP contribution in [0.25, 0.3) is 11.5 Å². The molecule has 1 saturated heterocycles. The summed E-state index contributed by atoms with van der Waals surface area (Å²) in [6, 6.07) is 19.5. The summed E-state index contributed by atoms with van der Waals surface area (Å²) in [5, 5.41) is 17.4. The summed E-state index contributed by atoms with van der Waals surface area (Å²) < 4.78 is 11.4. The van der Waals surface area contributed by atoms with E-state index in [9.17, 15) is 4.79 Å². The van der Waals surface area contributed by atoms with Crippen molar-refractivity contribution in [2.24, 2.45) is 4.99 Å². The third-order valence-electron chi connectivity index (χ3n) is 5.85. The molecule has 2 aromatic heterocycles. The zero-order valence-electron chi connectivity index (χ0n) is 18.7. The fraction of sp³-hybridized carbons (Fsp3) is 0.200. The molecule has 1 unspecified atom stereocenters. The highest BCUT2D eigenvalue weighted by Crippen LogP contribution is 2.36. The second kappa shape index (κ2) is 9.32. The predicted octanol–water partition coefficient (Wildman–Crippen LogP) is 3.86. The molecule has 6 rings (SSSR count). The van der Waals surface area contributed by atoms with Crippen LogP contribution >= 0.6 is 11.3 Å². The Labute approximate surface area is 205 Å². The van der Waals surface area contributed by atoms with Crippen molar-refractivity contribution >= 4 is 39.7 Å². The number of nitrogens with zero attached hydrogens (tertiary/aromatic N) is 4. The van der Waals surface area contributed by atoms with Gasteiger partial charge in [-0.25, -0.2) is 4.99 Å². The van der Waals surface area contributed by atoms with Crippen molar-refractivity contribution in [2.75, 3.05) is 41.8 Å². The third kappa shape index (κ3) is 4.29. The molecule has 2 aromatic carbocycles. The van der Waals surface area contributed by atoms with Crippen LogP contribution in [-0.4, -0.2) is 54.3 Å². The van der Waals surface area contributed by atoms with E-state index in [0.717, 1.165) is 34.8 Å². The van der Waals surface area contributed by atoms with Gasteiger partial charge in [0.15, 0.2) is 0 Å². The molecule has 10 heteroatoms. The summed E-state index contributed by atoms with van der Waals surface area (Å²) in [6.45, 7) is 3.00. The number of anilines is 3. The minimum Gasteiger partial charge on any atom is -0.403 e. The number of benzene rings is 2. The third-order valence-corrected chi connectivity index (χ3v) is 6.83. The van der Waals surface area contributed by atoms with Gasteiger partial charge in [0.05, 0.1) is 30.2 Å². The molecule has 0 aliphatic carbocycles. The van der Waals surface area contributed by atoms with Crippen molar-refractivity contribution in [1.29, 1.82) is 0 Å². The molecule has 1 fully saturated rings. The van der Waals surface area contributed by atoms with Crippen LogP contribution in [0, 0.1) is 0 Å². The van der Waals surface area contributed by atoms with Crippen molar-refractivity contribution in [2.45, 2.75) is 6.17 Å². The number of nitrogens with one attached hydrogen (secondary N) is 2. The molecule has 0 radical (unpaired) electrons. The lowest BCUT2D eigenvalue weighted by Gasteiger charge is -2.28. The second-order valence-corrected chi connectivity index (χ2v) is 8.97. The van der Waals surface area contributed by atoms with Crippen molar-refractivity contribution in [3.8, 4) is 11.5 Å². The number of carbonyl (C=O) groups excluding carboxylic acids is 1. The summed E-state index contributed by atoms with van der Waals surface area (Å²) in [7, 11) is 0. The Morgan fingerprint density at radius 1 is 0.971 bits per heavy atom. The van der Waals surface area contributed by atoms with E-state index in [1.807, 2.05) is 66.0 Å². The van der Waals surface area contributed by atoms with Gasteiger partial charge < -0.3 is 24.7 Å². The van der Waals surface area contributed by atoms with Crippen LogP contribution in [0.1, 0.15) is 11.1 Å². The Balaban J connectivity index is 1.30. The number of hydrogen-bond donors (Lipinski definition) is 2. The minimum atomic E-state index is -0.952. The van der Waals surface area contributed by atoms with Crippen molar-refractivity contribution < 1.29 is 13.9 Å². The topological polar surface area (TPSA) is 105 Å². The number of hydrogen-bond acceptors (Lipinski definition) is 9. The van der Waals surface area contributed by atoms with E-state index in [2.05, 4.69) is 25.7 Å². The number of thiophene rings is 1. The first-order valence-electron chi connectivity index (χ1n) is 11.3. The highest BCUT2D eigenvalue weighted by Gasteiger charge is 2.28. The highest BCUT2D eigenvalue weighted by atomic mass is 32.1. The molecule has 2 aliphatic rings. The molecular weight excluding hydrogens is 464 g/mol. The van der Waals surface area contributed by atoms with Gasteiger partial charge in [0.25, 0.3) is 11.8 Å². The minimum absolute atomic E-state index is 0.126. The fourth-order valence-electron chi connectivity index (χ4n) is 4.16. The van der Waals surface area contributed by atoms with Crippen LogP contribution in [0.3, 0.4) is 0 Å². The van der Waals surface area contributed by atoms with Gasteiger partial charge >= 0.3 is 6.01 Å². The molecule has 9 nitrogen and oxygen atoms in total. The van der Waals surface area contributed by atoms with Crippen molar-refractivity contribution in [1.82, 2.24) is 10.2 Å². The second-order valence-electron chi connectivity index (χ2n) is 8.08. The average Bonchev–Trinajstić information content (AvgIpc) is 3.55. The molecule has 1 atom stereocenters. The smallest absolute Gasteiger partial charge is 0.317 e. The Hall–Kier alpha value is -4.02. The maximum absolute atomic E-state index is 13.1. The normalized spacial score (nSPS) is 17.8. The molecule has 4 heterocycles. The Bertz CT molecular complexity index is 1380. The summed E-state index contributed by atoms with van der Waals surface area (Å²) in [5.41, 5.74) is 4.01. The summed E-state index contributed by atoms with van der Waals surface area (Å²) >= 11 is 1.63. The maximum atomic E-state index is 13.1. The molecule has 0 saturated carbocycles. The zero-order chi connectivity index (χ0) is 23.6. The molecule has 4 aromatic rings. The van der Waals surface area contributed by atoms with Crippen LogP contribution in [-0.2, 0) is 9.53 Å². The zero-order valence-corrected chi connectivity index (χ0v) is 19.5. The first-order valence-corrected chi connectivity index (χ1v) is 12.2.